The molecule has 2 rings (SSSR count). The Bertz CT molecular complexity index is 709. The fraction of sp³-hybridized carbons (Fsp3) is 0.0667. The van der Waals surface area contributed by atoms with Crippen LogP contribution in [0.5, 0.6) is 0 Å². The predicted molar refractivity (Wildman–Crippen MR) is 80.9 cm³/mol. The van der Waals surface area contributed by atoms with Gasteiger partial charge in [-0.1, -0.05) is 34.1 Å². The summed E-state index contributed by atoms with van der Waals surface area (Å²) >= 11 is 6.32. The van der Waals surface area contributed by atoms with E-state index in [9.17, 15) is 14.4 Å². The van der Waals surface area contributed by atoms with Crippen LogP contribution in [0.15, 0.2) is 51.4 Å². The lowest BCUT2D eigenvalue weighted by molar-refractivity contribution is 0.0975. The number of carbonyl (C=O) groups excluding carboxylic acids is 1. The third-order valence-corrected chi connectivity index (χ3v) is 3.90. The van der Waals surface area contributed by atoms with Crippen LogP contribution in [0.3, 0.4) is 0 Å². The Morgan fingerprint density at radius 3 is 2.55 bits per heavy atom. The highest BCUT2D eigenvalue weighted by Crippen LogP contribution is 2.26. The number of rotatable bonds is 3. The standard InChI is InChI=1S/C15H8Br2FNO/c16-10-4-1-3-9(7-10)12(8-19)15(20)11-5-2-6-13(17)14(11)18/h1-7,12H. The summed E-state index contributed by atoms with van der Waals surface area (Å²) < 4.78 is 14.9. The molecule has 0 aliphatic carbocycles. The molecule has 1 unspecified atom stereocenters. The summed E-state index contributed by atoms with van der Waals surface area (Å²) in [6.45, 7) is 0. The van der Waals surface area contributed by atoms with E-state index in [1.165, 1.54) is 12.1 Å². The molecular weight excluding hydrogens is 389 g/mol. The highest BCUT2D eigenvalue weighted by molar-refractivity contribution is 9.10. The third kappa shape index (κ3) is 2.97. The van der Waals surface area contributed by atoms with Gasteiger partial charge in [0.1, 0.15) is 11.7 Å². The second-order valence-electron chi connectivity index (χ2n) is 4.08. The van der Waals surface area contributed by atoms with Gasteiger partial charge in [-0.25, -0.2) is 4.39 Å². The van der Waals surface area contributed by atoms with E-state index in [1.54, 1.807) is 30.3 Å². The molecule has 0 heterocycles. The second-order valence-corrected chi connectivity index (χ2v) is 5.85. The van der Waals surface area contributed by atoms with Gasteiger partial charge in [-0.3, -0.25) is 4.79 Å². The van der Waals surface area contributed by atoms with E-state index in [4.69, 9.17) is 0 Å². The van der Waals surface area contributed by atoms with Crippen molar-refractivity contribution in [3.63, 3.8) is 0 Å². The van der Waals surface area contributed by atoms with Crippen LogP contribution in [-0.2, 0) is 0 Å². The van der Waals surface area contributed by atoms with Crippen molar-refractivity contribution in [2.75, 3.05) is 0 Å². The zero-order valence-electron chi connectivity index (χ0n) is 10.1. The van der Waals surface area contributed by atoms with Gasteiger partial charge in [-0.15, -0.1) is 0 Å². The molecule has 0 aliphatic rings. The number of halogens is 3. The second kappa shape index (κ2) is 6.29. The fourth-order valence-electron chi connectivity index (χ4n) is 1.82. The van der Waals surface area contributed by atoms with Crippen LogP contribution in [0.2, 0.25) is 0 Å². The summed E-state index contributed by atoms with van der Waals surface area (Å²) in [6, 6.07) is 13.3. The Morgan fingerprint density at radius 2 is 1.90 bits per heavy atom. The molecule has 2 aromatic carbocycles. The first-order chi connectivity index (χ1) is 9.54. The zero-order valence-corrected chi connectivity index (χ0v) is 13.3. The summed E-state index contributed by atoms with van der Waals surface area (Å²) in [5.74, 6) is -2.23. The molecule has 0 spiro atoms. The first kappa shape index (κ1) is 14.9. The van der Waals surface area contributed by atoms with E-state index in [2.05, 4.69) is 31.9 Å². The number of hydrogen-bond donors (Lipinski definition) is 0. The molecule has 0 bridgehead atoms. The molecular formula is C15H8Br2FNO. The van der Waals surface area contributed by atoms with Gasteiger partial charge in [0.2, 0.25) is 0 Å². The highest BCUT2D eigenvalue weighted by atomic mass is 79.9. The minimum atomic E-state index is -1.03. The van der Waals surface area contributed by atoms with Crippen LogP contribution < -0.4 is 0 Å². The van der Waals surface area contributed by atoms with Gasteiger partial charge in [0, 0.05) is 4.47 Å². The monoisotopic (exact) mass is 395 g/mol. The molecule has 0 fully saturated rings. The van der Waals surface area contributed by atoms with Crippen molar-refractivity contribution in [3.05, 3.63) is 68.4 Å². The number of nitriles is 1. The Balaban J connectivity index is 2.45. The quantitative estimate of drug-likeness (QED) is 0.696. The molecule has 5 heteroatoms. The van der Waals surface area contributed by atoms with Crippen LogP contribution >= 0.6 is 31.9 Å². The van der Waals surface area contributed by atoms with Crippen molar-refractivity contribution in [2.24, 2.45) is 0 Å². The Hall–Kier alpha value is -1.51. The van der Waals surface area contributed by atoms with E-state index in [0.29, 0.717) is 5.56 Å². The van der Waals surface area contributed by atoms with Crippen molar-refractivity contribution in [3.8, 4) is 6.07 Å². The van der Waals surface area contributed by atoms with E-state index in [0.717, 1.165) is 4.47 Å². The largest absolute Gasteiger partial charge is 0.292 e. The minimum Gasteiger partial charge on any atom is -0.292 e. The van der Waals surface area contributed by atoms with Crippen molar-refractivity contribution in [2.45, 2.75) is 5.92 Å². The SMILES string of the molecule is N#CC(C(=O)c1cccc(Br)c1F)c1cccc(Br)c1. The van der Waals surface area contributed by atoms with Crippen LogP contribution in [0.1, 0.15) is 21.8 Å². The molecule has 0 radical (unpaired) electrons. The maximum Gasteiger partial charge on any atom is 0.187 e. The topological polar surface area (TPSA) is 40.9 Å². The first-order valence-corrected chi connectivity index (χ1v) is 7.26. The van der Waals surface area contributed by atoms with Crippen molar-refractivity contribution in [1.29, 1.82) is 5.26 Å². The van der Waals surface area contributed by atoms with Gasteiger partial charge >= 0.3 is 0 Å². The van der Waals surface area contributed by atoms with Gasteiger partial charge in [-0.05, 0) is 45.8 Å². The van der Waals surface area contributed by atoms with E-state index >= 15 is 0 Å². The van der Waals surface area contributed by atoms with Gasteiger partial charge in [0.25, 0.3) is 0 Å². The Kier molecular flexibility index (Phi) is 4.69. The van der Waals surface area contributed by atoms with Crippen LogP contribution in [0.25, 0.3) is 0 Å². The number of benzene rings is 2. The molecule has 0 aliphatic heterocycles. The van der Waals surface area contributed by atoms with E-state index in [1.807, 2.05) is 6.07 Å². The summed E-state index contributed by atoms with van der Waals surface area (Å²) in [5.41, 5.74) is 0.442. The smallest absolute Gasteiger partial charge is 0.187 e. The molecule has 1 atom stereocenters. The average molecular weight is 397 g/mol. The number of hydrogen-bond acceptors (Lipinski definition) is 2. The number of Topliss-reactive ketones (excluding diaryl/α,β-unsaturated/α-hetero) is 1. The lowest BCUT2D eigenvalue weighted by Crippen LogP contribution is -2.13. The average Bonchev–Trinajstić information content (AvgIpc) is 2.42. The molecule has 0 saturated carbocycles. The highest BCUT2D eigenvalue weighted by Gasteiger charge is 2.25. The normalized spacial score (nSPS) is 11.7. The van der Waals surface area contributed by atoms with Crippen molar-refractivity contribution in [1.82, 2.24) is 0 Å². The number of nitrogens with zero attached hydrogens (tertiary/aromatic N) is 1. The summed E-state index contributed by atoms with van der Waals surface area (Å²) in [5, 5.41) is 9.24. The van der Waals surface area contributed by atoms with Crippen molar-refractivity contribution >= 4 is 37.6 Å². The lowest BCUT2D eigenvalue weighted by Gasteiger charge is -2.10. The predicted octanol–water partition coefficient (Wildman–Crippen LogP) is 4.84. The van der Waals surface area contributed by atoms with Crippen LogP contribution in [0.4, 0.5) is 4.39 Å². The van der Waals surface area contributed by atoms with Crippen LogP contribution in [-0.4, -0.2) is 5.78 Å². The minimum absolute atomic E-state index is 0.0918. The Morgan fingerprint density at radius 1 is 1.20 bits per heavy atom. The van der Waals surface area contributed by atoms with Gasteiger partial charge in [-0.2, -0.15) is 5.26 Å². The molecule has 0 saturated heterocycles. The molecule has 0 aromatic heterocycles. The summed E-state index contributed by atoms with van der Waals surface area (Å²) in [7, 11) is 0. The molecule has 20 heavy (non-hydrogen) atoms. The maximum atomic E-state index is 14.0. The molecule has 100 valence electrons. The van der Waals surface area contributed by atoms with Crippen molar-refractivity contribution < 1.29 is 9.18 Å². The van der Waals surface area contributed by atoms with Gasteiger partial charge in [0.05, 0.1) is 16.1 Å². The summed E-state index contributed by atoms with van der Waals surface area (Å²) in [6.07, 6.45) is 0. The third-order valence-electron chi connectivity index (χ3n) is 2.79. The maximum absolute atomic E-state index is 14.0. The van der Waals surface area contributed by atoms with E-state index < -0.39 is 17.5 Å². The fourth-order valence-corrected chi connectivity index (χ4v) is 2.60. The first-order valence-electron chi connectivity index (χ1n) is 5.68. The molecule has 2 aromatic rings. The van der Waals surface area contributed by atoms with Gasteiger partial charge in [0.15, 0.2) is 5.78 Å². The summed E-state index contributed by atoms with van der Waals surface area (Å²) in [4.78, 5) is 12.4. The molecule has 2 nitrogen and oxygen atoms in total. The molecule has 0 N–H and O–H groups in total. The number of ketones is 1. The molecule has 0 amide bonds. The Labute approximate surface area is 132 Å². The van der Waals surface area contributed by atoms with Crippen LogP contribution in [0, 0.1) is 17.1 Å². The van der Waals surface area contributed by atoms with E-state index in [-0.39, 0.29) is 10.0 Å². The number of carbonyl (C=O) groups is 1. The lowest BCUT2D eigenvalue weighted by atomic mass is 9.92. The van der Waals surface area contributed by atoms with Gasteiger partial charge < -0.3 is 0 Å². The zero-order chi connectivity index (χ0) is 14.7.